The molecule has 2 aromatic heterocycles. The van der Waals surface area contributed by atoms with Crippen LogP contribution in [0.15, 0.2) is 36.1 Å². The Morgan fingerprint density at radius 1 is 1.44 bits per heavy atom. The van der Waals surface area contributed by atoms with Crippen LogP contribution in [0, 0.1) is 11.8 Å². The highest BCUT2D eigenvalue weighted by Crippen LogP contribution is 2.32. The standard InChI is InChI=1S/C18H22N4O2S/c23-18(21-17-9-19-4-5-20-17)14-8-13-10-22(6-3-16(13)24-12-14)11-15-2-1-7-25-15/h1-2,4-5,7,9,13-14,16H,3,6,8,10-12H2,(H,20,21,23)/t13-,14-,16+/m0/s1. The predicted molar refractivity (Wildman–Crippen MR) is 96.2 cm³/mol. The van der Waals surface area contributed by atoms with Gasteiger partial charge in [-0.2, -0.15) is 0 Å². The molecule has 2 aromatic rings. The molecule has 1 amide bonds. The number of aromatic nitrogens is 2. The van der Waals surface area contributed by atoms with E-state index >= 15 is 0 Å². The first kappa shape index (κ1) is 16.6. The Morgan fingerprint density at radius 2 is 2.40 bits per heavy atom. The molecule has 7 heteroatoms. The molecule has 0 saturated carbocycles. The van der Waals surface area contributed by atoms with E-state index in [-0.39, 0.29) is 11.8 Å². The molecule has 1 N–H and O–H groups in total. The van der Waals surface area contributed by atoms with E-state index in [1.54, 1.807) is 29.9 Å². The van der Waals surface area contributed by atoms with Crippen LogP contribution in [0.3, 0.4) is 0 Å². The number of nitrogens with one attached hydrogen (secondary N) is 1. The summed E-state index contributed by atoms with van der Waals surface area (Å²) in [5.41, 5.74) is 0. The number of likely N-dealkylation sites (tertiary alicyclic amines) is 1. The van der Waals surface area contributed by atoms with Crippen molar-refractivity contribution in [3.63, 3.8) is 0 Å². The zero-order chi connectivity index (χ0) is 17.1. The summed E-state index contributed by atoms with van der Waals surface area (Å²) in [5.74, 6) is 0.775. The fraction of sp³-hybridized carbons (Fsp3) is 0.500. The van der Waals surface area contributed by atoms with Crippen molar-refractivity contribution in [2.75, 3.05) is 25.0 Å². The number of thiophene rings is 1. The van der Waals surface area contributed by atoms with Gasteiger partial charge in [0.1, 0.15) is 0 Å². The predicted octanol–water partition coefficient (Wildman–Crippen LogP) is 2.40. The smallest absolute Gasteiger partial charge is 0.231 e. The van der Waals surface area contributed by atoms with Crippen molar-refractivity contribution >= 4 is 23.1 Å². The van der Waals surface area contributed by atoms with Gasteiger partial charge in [0.05, 0.1) is 24.8 Å². The molecule has 2 aliphatic heterocycles. The molecule has 2 saturated heterocycles. The van der Waals surface area contributed by atoms with Crippen LogP contribution < -0.4 is 5.32 Å². The van der Waals surface area contributed by atoms with E-state index in [0.29, 0.717) is 24.4 Å². The van der Waals surface area contributed by atoms with E-state index in [0.717, 1.165) is 32.5 Å². The first-order chi connectivity index (χ1) is 12.3. The quantitative estimate of drug-likeness (QED) is 0.909. The maximum absolute atomic E-state index is 12.5. The average molecular weight is 358 g/mol. The van der Waals surface area contributed by atoms with Crippen molar-refractivity contribution in [3.8, 4) is 0 Å². The molecule has 0 radical (unpaired) electrons. The summed E-state index contributed by atoms with van der Waals surface area (Å²) in [6.07, 6.45) is 6.95. The van der Waals surface area contributed by atoms with Crippen LogP contribution >= 0.6 is 11.3 Å². The first-order valence-corrected chi connectivity index (χ1v) is 9.59. The SMILES string of the molecule is O=C(Nc1cnccn1)[C@@H]1CO[C@@H]2CCN(Cc3cccs3)C[C@@H]2C1. The lowest BCUT2D eigenvalue weighted by molar-refractivity contribution is -0.134. The summed E-state index contributed by atoms with van der Waals surface area (Å²) in [5, 5.41) is 4.97. The summed E-state index contributed by atoms with van der Waals surface area (Å²) in [6, 6.07) is 4.29. The second kappa shape index (κ2) is 7.59. The average Bonchev–Trinajstić information content (AvgIpc) is 3.15. The number of carbonyl (C=O) groups excluding carboxylic acids is 1. The Bertz CT molecular complexity index is 694. The largest absolute Gasteiger partial charge is 0.377 e. The van der Waals surface area contributed by atoms with Crippen molar-refractivity contribution in [2.24, 2.45) is 11.8 Å². The molecule has 4 rings (SSSR count). The van der Waals surface area contributed by atoms with Gasteiger partial charge in [-0.25, -0.2) is 4.98 Å². The Balaban J connectivity index is 1.34. The van der Waals surface area contributed by atoms with Gasteiger partial charge in [-0.15, -0.1) is 11.3 Å². The van der Waals surface area contributed by atoms with Crippen molar-refractivity contribution in [3.05, 3.63) is 41.0 Å². The third-order valence-corrected chi connectivity index (χ3v) is 5.85. The molecule has 2 fully saturated rings. The molecule has 0 bridgehead atoms. The minimum atomic E-state index is -0.120. The molecule has 25 heavy (non-hydrogen) atoms. The summed E-state index contributed by atoms with van der Waals surface area (Å²) >= 11 is 1.80. The van der Waals surface area contributed by atoms with Gasteiger partial charge in [-0.3, -0.25) is 14.7 Å². The van der Waals surface area contributed by atoms with E-state index in [2.05, 4.69) is 37.7 Å². The van der Waals surface area contributed by atoms with E-state index in [9.17, 15) is 4.79 Å². The lowest BCUT2D eigenvalue weighted by Gasteiger charge is -2.43. The highest BCUT2D eigenvalue weighted by atomic mass is 32.1. The van der Waals surface area contributed by atoms with Crippen molar-refractivity contribution in [1.82, 2.24) is 14.9 Å². The summed E-state index contributed by atoms with van der Waals surface area (Å²) in [6.45, 7) is 3.56. The monoisotopic (exact) mass is 358 g/mol. The number of rotatable bonds is 4. The first-order valence-electron chi connectivity index (χ1n) is 8.71. The third-order valence-electron chi connectivity index (χ3n) is 4.99. The highest BCUT2D eigenvalue weighted by molar-refractivity contribution is 7.09. The lowest BCUT2D eigenvalue weighted by Crippen LogP contribution is -2.49. The van der Waals surface area contributed by atoms with E-state index in [1.165, 1.54) is 4.88 Å². The maximum Gasteiger partial charge on any atom is 0.231 e. The molecule has 4 heterocycles. The van der Waals surface area contributed by atoms with E-state index < -0.39 is 0 Å². The van der Waals surface area contributed by atoms with Crippen molar-refractivity contribution < 1.29 is 9.53 Å². The third kappa shape index (κ3) is 4.05. The van der Waals surface area contributed by atoms with Crippen LogP contribution in [0.4, 0.5) is 5.82 Å². The van der Waals surface area contributed by atoms with Crippen LogP contribution in [0.25, 0.3) is 0 Å². The summed E-state index contributed by atoms with van der Waals surface area (Å²) < 4.78 is 6.02. The summed E-state index contributed by atoms with van der Waals surface area (Å²) in [7, 11) is 0. The fourth-order valence-electron chi connectivity index (χ4n) is 3.75. The Labute approximate surface area is 151 Å². The normalized spacial score (nSPS) is 26.8. The fourth-order valence-corrected chi connectivity index (χ4v) is 4.49. The second-order valence-electron chi connectivity index (χ2n) is 6.75. The molecule has 6 nitrogen and oxygen atoms in total. The van der Waals surface area contributed by atoms with Gasteiger partial charge in [-0.05, 0) is 30.2 Å². The van der Waals surface area contributed by atoms with Crippen LogP contribution in [0.1, 0.15) is 17.7 Å². The highest BCUT2D eigenvalue weighted by Gasteiger charge is 2.38. The second-order valence-corrected chi connectivity index (χ2v) is 7.78. The molecule has 132 valence electrons. The molecular formula is C18H22N4O2S. The summed E-state index contributed by atoms with van der Waals surface area (Å²) in [4.78, 5) is 24.5. The van der Waals surface area contributed by atoms with Gasteiger partial charge < -0.3 is 10.1 Å². The minimum absolute atomic E-state index is 0.0191. The Kier molecular flexibility index (Phi) is 5.05. The topological polar surface area (TPSA) is 67.3 Å². The van der Waals surface area contributed by atoms with Crippen LogP contribution in [0.5, 0.6) is 0 Å². The van der Waals surface area contributed by atoms with Gasteiger partial charge in [0.25, 0.3) is 0 Å². The number of fused-ring (bicyclic) bond motifs is 1. The molecule has 3 atom stereocenters. The van der Waals surface area contributed by atoms with Crippen LogP contribution in [-0.4, -0.2) is 46.6 Å². The minimum Gasteiger partial charge on any atom is -0.377 e. The molecular weight excluding hydrogens is 336 g/mol. The number of amides is 1. The van der Waals surface area contributed by atoms with E-state index in [1.807, 2.05) is 0 Å². The number of ether oxygens (including phenoxy) is 1. The van der Waals surface area contributed by atoms with E-state index in [4.69, 9.17) is 4.74 Å². The molecule has 0 spiro atoms. The number of nitrogens with zero attached hydrogens (tertiary/aromatic N) is 3. The molecule has 0 unspecified atom stereocenters. The van der Waals surface area contributed by atoms with Gasteiger partial charge in [0.15, 0.2) is 5.82 Å². The molecule has 0 aliphatic carbocycles. The van der Waals surface area contributed by atoms with Gasteiger partial charge in [-0.1, -0.05) is 6.07 Å². The van der Waals surface area contributed by atoms with Gasteiger partial charge >= 0.3 is 0 Å². The zero-order valence-electron chi connectivity index (χ0n) is 14.0. The van der Waals surface area contributed by atoms with Crippen LogP contribution in [0.2, 0.25) is 0 Å². The lowest BCUT2D eigenvalue weighted by atomic mass is 9.83. The molecule has 0 aromatic carbocycles. The number of carbonyl (C=O) groups is 1. The number of hydrogen-bond acceptors (Lipinski definition) is 6. The van der Waals surface area contributed by atoms with Gasteiger partial charge in [0, 0.05) is 36.9 Å². The maximum atomic E-state index is 12.5. The number of piperidine rings is 1. The zero-order valence-corrected chi connectivity index (χ0v) is 14.8. The van der Waals surface area contributed by atoms with Crippen LogP contribution in [-0.2, 0) is 16.1 Å². The molecule has 2 aliphatic rings. The number of anilines is 1. The van der Waals surface area contributed by atoms with Gasteiger partial charge in [0.2, 0.25) is 5.91 Å². The Morgan fingerprint density at radius 3 is 3.20 bits per heavy atom. The number of hydrogen-bond donors (Lipinski definition) is 1. The van der Waals surface area contributed by atoms with Crippen molar-refractivity contribution in [1.29, 1.82) is 0 Å². The van der Waals surface area contributed by atoms with Crippen molar-refractivity contribution in [2.45, 2.75) is 25.5 Å². The Hall–Kier alpha value is -1.83.